The van der Waals surface area contributed by atoms with Gasteiger partial charge in [0, 0.05) is 22.9 Å². The Balaban J connectivity index is 1.69. The maximum atomic E-state index is 13.8. The number of rotatable bonds is 4. The van der Waals surface area contributed by atoms with E-state index < -0.39 is 6.04 Å². The summed E-state index contributed by atoms with van der Waals surface area (Å²) in [5.74, 6) is -0.248. The number of hydrogen-bond donors (Lipinski definition) is 1. The molecule has 1 atom stereocenters. The molecule has 0 radical (unpaired) electrons. The Labute approximate surface area is 192 Å². The van der Waals surface area contributed by atoms with E-state index in [0.717, 1.165) is 16.9 Å². The zero-order valence-corrected chi connectivity index (χ0v) is 17.9. The monoisotopic (exact) mass is 430 g/mol. The molecule has 0 saturated heterocycles. The second kappa shape index (κ2) is 8.97. The van der Waals surface area contributed by atoms with E-state index in [9.17, 15) is 9.59 Å². The van der Waals surface area contributed by atoms with Crippen LogP contribution in [-0.2, 0) is 0 Å². The van der Waals surface area contributed by atoms with Crippen LogP contribution < -0.4 is 10.2 Å². The third kappa shape index (κ3) is 4.06. The molecule has 1 amide bonds. The second-order valence-corrected chi connectivity index (χ2v) is 7.83. The molecule has 4 nitrogen and oxygen atoms in total. The summed E-state index contributed by atoms with van der Waals surface area (Å²) >= 11 is 0. The van der Waals surface area contributed by atoms with Crippen molar-refractivity contribution in [2.24, 2.45) is 0 Å². The third-order valence-electron chi connectivity index (χ3n) is 5.70. The summed E-state index contributed by atoms with van der Waals surface area (Å²) in [6.07, 6.45) is 1.61. The van der Waals surface area contributed by atoms with Crippen LogP contribution in [0, 0.1) is 0 Å². The SMILES string of the molecule is O=C(C=C1Nc2ccccc2N(C(=O)c2ccccc2)C1c1ccccc1)c1ccccc1. The van der Waals surface area contributed by atoms with Crippen LogP contribution in [-0.4, -0.2) is 11.7 Å². The number of amides is 1. The highest BCUT2D eigenvalue weighted by molar-refractivity contribution is 6.11. The van der Waals surface area contributed by atoms with Gasteiger partial charge in [-0.3, -0.25) is 14.5 Å². The lowest BCUT2D eigenvalue weighted by molar-refractivity contribution is 0.0976. The van der Waals surface area contributed by atoms with Crippen LogP contribution in [0.25, 0.3) is 0 Å². The van der Waals surface area contributed by atoms with Gasteiger partial charge in [0.1, 0.15) is 6.04 Å². The fraction of sp³-hybridized carbons (Fsp3) is 0.0345. The Hall–Kier alpha value is -4.44. The Morgan fingerprint density at radius 3 is 1.88 bits per heavy atom. The standard InChI is InChI=1S/C29H22N2O2/c32-27(21-12-4-1-5-13-21)20-25-28(22-14-6-2-7-15-22)31(26-19-11-10-18-24(26)30-25)29(33)23-16-8-3-9-17-23/h1-20,28,30H. The zero-order valence-electron chi connectivity index (χ0n) is 17.9. The van der Waals surface area contributed by atoms with E-state index >= 15 is 0 Å². The van der Waals surface area contributed by atoms with Crippen LogP contribution >= 0.6 is 0 Å². The fourth-order valence-electron chi connectivity index (χ4n) is 4.14. The third-order valence-corrected chi connectivity index (χ3v) is 5.70. The number of hydrogen-bond acceptors (Lipinski definition) is 3. The first-order chi connectivity index (χ1) is 16.2. The van der Waals surface area contributed by atoms with E-state index in [1.165, 1.54) is 0 Å². The number of allylic oxidation sites excluding steroid dienone is 1. The summed E-state index contributed by atoms with van der Waals surface area (Å²) in [5, 5.41) is 3.43. The van der Waals surface area contributed by atoms with Gasteiger partial charge in [-0.25, -0.2) is 0 Å². The maximum absolute atomic E-state index is 13.8. The molecule has 4 aromatic carbocycles. The Morgan fingerprint density at radius 1 is 0.667 bits per heavy atom. The molecule has 0 fully saturated rings. The van der Waals surface area contributed by atoms with Crippen molar-refractivity contribution in [1.29, 1.82) is 0 Å². The van der Waals surface area contributed by atoms with Crippen molar-refractivity contribution in [3.63, 3.8) is 0 Å². The number of ketones is 1. The molecule has 1 unspecified atom stereocenters. The number of benzene rings is 4. The van der Waals surface area contributed by atoms with Crippen LogP contribution in [0.2, 0.25) is 0 Å². The van der Waals surface area contributed by atoms with Gasteiger partial charge in [0.2, 0.25) is 0 Å². The summed E-state index contributed by atoms with van der Waals surface area (Å²) in [6, 6.07) is 35.3. The van der Waals surface area contributed by atoms with Crippen molar-refractivity contribution in [3.8, 4) is 0 Å². The predicted molar refractivity (Wildman–Crippen MR) is 131 cm³/mol. The first kappa shape index (κ1) is 20.5. The Kier molecular flexibility index (Phi) is 5.56. The molecule has 33 heavy (non-hydrogen) atoms. The van der Waals surface area contributed by atoms with Gasteiger partial charge in [0.15, 0.2) is 5.78 Å². The first-order valence-corrected chi connectivity index (χ1v) is 10.8. The number of anilines is 2. The largest absolute Gasteiger partial charge is 0.355 e. The number of para-hydroxylation sites is 2. The van der Waals surface area contributed by atoms with Crippen LogP contribution in [0.3, 0.4) is 0 Å². The van der Waals surface area contributed by atoms with Gasteiger partial charge in [0.25, 0.3) is 5.91 Å². The zero-order chi connectivity index (χ0) is 22.6. The molecule has 0 bridgehead atoms. The molecule has 4 heteroatoms. The van der Waals surface area contributed by atoms with E-state index in [1.807, 2.05) is 103 Å². The molecule has 0 aliphatic carbocycles. The number of nitrogens with one attached hydrogen (secondary N) is 1. The summed E-state index contributed by atoms with van der Waals surface area (Å²) in [4.78, 5) is 28.7. The second-order valence-electron chi connectivity index (χ2n) is 7.83. The van der Waals surface area contributed by atoms with E-state index in [-0.39, 0.29) is 11.7 Å². The number of carbonyl (C=O) groups is 2. The topological polar surface area (TPSA) is 49.4 Å². The normalized spacial score (nSPS) is 16.1. The van der Waals surface area contributed by atoms with Gasteiger partial charge in [0.05, 0.1) is 11.4 Å². The molecule has 1 N–H and O–H groups in total. The first-order valence-electron chi connectivity index (χ1n) is 10.8. The van der Waals surface area contributed by atoms with Gasteiger partial charge in [-0.05, 0) is 29.8 Å². The summed E-state index contributed by atoms with van der Waals surface area (Å²) in [6.45, 7) is 0. The van der Waals surface area contributed by atoms with Gasteiger partial charge in [-0.2, -0.15) is 0 Å². The molecule has 0 aromatic heterocycles. The van der Waals surface area contributed by atoms with E-state index in [0.29, 0.717) is 16.8 Å². The summed E-state index contributed by atoms with van der Waals surface area (Å²) in [5.41, 5.74) is 4.29. The quantitative estimate of drug-likeness (QED) is 0.307. The molecular formula is C29H22N2O2. The molecule has 4 aromatic rings. The average molecular weight is 431 g/mol. The van der Waals surface area contributed by atoms with Gasteiger partial charge in [-0.1, -0.05) is 91.0 Å². The molecule has 1 heterocycles. The van der Waals surface area contributed by atoms with Crippen LogP contribution in [0.4, 0.5) is 11.4 Å². The minimum atomic E-state index is -0.485. The highest BCUT2D eigenvalue weighted by Gasteiger charge is 2.36. The molecular weight excluding hydrogens is 408 g/mol. The number of nitrogens with zero attached hydrogens (tertiary/aromatic N) is 1. The van der Waals surface area contributed by atoms with Crippen LogP contribution in [0.5, 0.6) is 0 Å². The lowest BCUT2D eigenvalue weighted by Gasteiger charge is -2.40. The molecule has 0 spiro atoms. The van der Waals surface area contributed by atoms with E-state index in [2.05, 4.69) is 5.32 Å². The number of fused-ring (bicyclic) bond motifs is 1. The van der Waals surface area contributed by atoms with Crippen LogP contribution in [0.1, 0.15) is 32.3 Å². The summed E-state index contributed by atoms with van der Waals surface area (Å²) in [7, 11) is 0. The van der Waals surface area contributed by atoms with Crippen molar-refractivity contribution in [1.82, 2.24) is 0 Å². The van der Waals surface area contributed by atoms with Crippen LogP contribution in [0.15, 0.2) is 127 Å². The van der Waals surface area contributed by atoms with Crippen molar-refractivity contribution in [2.45, 2.75) is 6.04 Å². The van der Waals surface area contributed by atoms with Gasteiger partial charge in [-0.15, -0.1) is 0 Å². The Bertz CT molecular complexity index is 1320. The predicted octanol–water partition coefficient (Wildman–Crippen LogP) is 6.27. The molecule has 160 valence electrons. The van der Waals surface area contributed by atoms with Gasteiger partial charge >= 0.3 is 0 Å². The number of carbonyl (C=O) groups excluding carboxylic acids is 2. The Morgan fingerprint density at radius 2 is 1.21 bits per heavy atom. The minimum absolute atomic E-state index is 0.120. The maximum Gasteiger partial charge on any atom is 0.259 e. The van der Waals surface area contributed by atoms with Crippen molar-refractivity contribution in [3.05, 3.63) is 144 Å². The fourth-order valence-corrected chi connectivity index (χ4v) is 4.14. The highest BCUT2D eigenvalue weighted by Crippen LogP contribution is 2.43. The van der Waals surface area contributed by atoms with Gasteiger partial charge < -0.3 is 5.32 Å². The minimum Gasteiger partial charge on any atom is -0.355 e. The van der Waals surface area contributed by atoms with E-state index in [1.54, 1.807) is 23.1 Å². The van der Waals surface area contributed by atoms with Crippen molar-refractivity contribution >= 4 is 23.1 Å². The molecule has 0 saturated carbocycles. The smallest absolute Gasteiger partial charge is 0.259 e. The lowest BCUT2D eigenvalue weighted by Crippen LogP contribution is -2.41. The summed E-state index contributed by atoms with van der Waals surface area (Å²) < 4.78 is 0. The van der Waals surface area contributed by atoms with Crippen molar-refractivity contribution < 1.29 is 9.59 Å². The highest BCUT2D eigenvalue weighted by atomic mass is 16.2. The molecule has 5 rings (SSSR count). The molecule has 1 aliphatic heterocycles. The van der Waals surface area contributed by atoms with Crippen molar-refractivity contribution in [2.75, 3.05) is 10.2 Å². The average Bonchev–Trinajstić information content (AvgIpc) is 2.89. The lowest BCUT2D eigenvalue weighted by atomic mass is 9.95. The van der Waals surface area contributed by atoms with E-state index in [4.69, 9.17) is 0 Å². The molecule has 1 aliphatic rings.